The van der Waals surface area contributed by atoms with E-state index in [1.54, 1.807) is 0 Å². The van der Waals surface area contributed by atoms with Crippen molar-refractivity contribution in [2.24, 2.45) is 5.92 Å². The molecule has 1 N–H and O–H groups in total. The quantitative estimate of drug-likeness (QED) is 0.891. The van der Waals surface area contributed by atoms with Gasteiger partial charge in [0.15, 0.2) is 0 Å². The zero-order valence-electron chi connectivity index (χ0n) is 13.6. The topological polar surface area (TPSA) is 15.3 Å². The highest BCUT2D eigenvalue weighted by Gasteiger charge is 2.36. The third-order valence-corrected chi connectivity index (χ3v) is 5.34. The summed E-state index contributed by atoms with van der Waals surface area (Å²) in [5.41, 5.74) is 1.77. The average Bonchev–Trinajstić information content (AvgIpc) is 3.31. The Hall–Kier alpha value is -0.860. The molecule has 0 radical (unpaired) electrons. The first kappa shape index (κ1) is 15.1. The first-order chi connectivity index (χ1) is 10.1. The molecule has 1 aliphatic heterocycles. The molecule has 2 fully saturated rings. The van der Waals surface area contributed by atoms with Crippen molar-refractivity contribution in [3.63, 3.8) is 0 Å². The normalized spacial score (nSPS) is 24.8. The SMILES string of the molecule is CC(C)(CCc1ccccc1)N1CCCNC(C2CC2)C1. The van der Waals surface area contributed by atoms with Crippen LogP contribution in [0, 0.1) is 5.92 Å². The largest absolute Gasteiger partial charge is 0.312 e. The standard InChI is InChI=1S/C19H30N2/c1-19(2,12-11-16-7-4-3-5-8-16)21-14-6-13-20-18(15-21)17-9-10-17/h3-5,7-8,17-18,20H,6,9-15H2,1-2H3. The molecule has 1 unspecified atom stereocenters. The van der Waals surface area contributed by atoms with Crippen LogP contribution in [0.2, 0.25) is 0 Å². The van der Waals surface area contributed by atoms with Gasteiger partial charge in [0, 0.05) is 18.1 Å². The van der Waals surface area contributed by atoms with Crippen molar-refractivity contribution in [2.75, 3.05) is 19.6 Å². The van der Waals surface area contributed by atoms with Crippen LogP contribution in [0.4, 0.5) is 0 Å². The van der Waals surface area contributed by atoms with E-state index in [0.29, 0.717) is 5.54 Å². The van der Waals surface area contributed by atoms with E-state index in [1.165, 1.54) is 57.3 Å². The lowest BCUT2D eigenvalue weighted by Crippen LogP contribution is -2.49. The highest BCUT2D eigenvalue weighted by atomic mass is 15.2. The van der Waals surface area contributed by atoms with Gasteiger partial charge >= 0.3 is 0 Å². The molecule has 2 heteroatoms. The minimum atomic E-state index is 0.301. The predicted molar refractivity (Wildman–Crippen MR) is 89.5 cm³/mol. The van der Waals surface area contributed by atoms with E-state index in [2.05, 4.69) is 54.4 Å². The van der Waals surface area contributed by atoms with Gasteiger partial charge in [-0.25, -0.2) is 0 Å². The number of hydrogen-bond donors (Lipinski definition) is 1. The van der Waals surface area contributed by atoms with E-state index in [-0.39, 0.29) is 0 Å². The minimum absolute atomic E-state index is 0.301. The van der Waals surface area contributed by atoms with E-state index in [9.17, 15) is 0 Å². The van der Waals surface area contributed by atoms with Crippen LogP contribution in [-0.4, -0.2) is 36.1 Å². The van der Waals surface area contributed by atoms with Gasteiger partial charge in [-0.2, -0.15) is 0 Å². The van der Waals surface area contributed by atoms with Crippen LogP contribution in [-0.2, 0) is 6.42 Å². The van der Waals surface area contributed by atoms with Crippen molar-refractivity contribution in [1.29, 1.82) is 0 Å². The summed E-state index contributed by atoms with van der Waals surface area (Å²) in [6.45, 7) is 8.56. The van der Waals surface area contributed by atoms with Gasteiger partial charge in [-0.15, -0.1) is 0 Å². The summed E-state index contributed by atoms with van der Waals surface area (Å²) in [5.74, 6) is 0.954. The van der Waals surface area contributed by atoms with Crippen LogP contribution in [0.3, 0.4) is 0 Å². The second kappa shape index (κ2) is 6.50. The summed E-state index contributed by atoms with van der Waals surface area (Å²) in [4.78, 5) is 2.75. The summed E-state index contributed by atoms with van der Waals surface area (Å²) in [5, 5.41) is 3.78. The van der Waals surface area contributed by atoms with E-state index < -0.39 is 0 Å². The van der Waals surface area contributed by atoms with E-state index in [0.717, 1.165) is 12.0 Å². The van der Waals surface area contributed by atoms with Crippen molar-refractivity contribution >= 4 is 0 Å². The molecule has 1 saturated heterocycles. The van der Waals surface area contributed by atoms with Gasteiger partial charge in [0.05, 0.1) is 0 Å². The Bertz CT molecular complexity index is 436. The molecule has 1 atom stereocenters. The fourth-order valence-corrected chi connectivity index (χ4v) is 3.57. The number of benzene rings is 1. The molecule has 1 aromatic rings. The molecule has 0 spiro atoms. The van der Waals surface area contributed by atoms with Gasteiger partial charge in [0.2, 0.25) is 0 Å². The fourth-order valence-electron chi connectivity index (χ4n) is 3.57. The monoisotopic (exact) mass is 286 g/mol. The van der Waals surface area contributed by atoms with Crippen LogP contribution >= 0.6 is 0 Å². The van der Waals surface area contributed by atoms with Gasteiger partial charge < -0.3 is 5.32 Å². The maximum Gasteiger partial charge on any atom is 0.0223 e. The molecule has 2 nitrogen and oxygen atoms in total. The van der Waals surface area contributed by atoms with Crippen LogP contribution in [0.1, 0.15) is 45.1 Å². The summed E-state index contributed by atoms with van der Waals surface area (Å²) in [6.07, 6.45) is 6.60. The fraction of sp³-hybridized carbons (Fsp3) is 0.684. The lowest BCUT2D eigenvalue weighted by molar-refractivity contribution is 0.106. The van der Waals surface area contributed by atoms with Gasteiger partial charge in [-0.05, 0) is 70.5 Å². The van der Waals surface area contributed by atoms with Gasteiger partial charge in [0.25, 0.3) is 0 Å². The van der Waals surface area contributed by atoms with Crippen molar-refractivity contribution in [3.8, 4) is 0 Å². The Morgan fingerprint density at radius 1 is 1.19 bits per heavy atom. The van der Waals surface area contributed by atoms with Gasteiger partial charge in [-0.3, -0.25) is 4.90 Å². The first-order valence-corrected chi connectivity index (χ1v) is 8.67. The van der Waals surface area contributed by atoms with Gasteiger partial charge in [0.1, 0.15) is 0 Å². The number of nitrogens with zero attached hydrogens (tertiary/aromatic N) is 1. The Balaban J connectivity index is 1.59. The molecule has 2 aliphatic rings. The Kier molecular flexibility index (Phi) is 4.66. The molecular formula is C19H30N2. The molecule has 0 aromatic heterocycles. The van der Waals surface area contributed by atoms with Crippen molar-refractivity contribution in [3.05, 3.63) is 35.9 Å². The lowest BCUT2D eigenvalue weighted by Gasteiger charge is -2.39. The van der Waals surface area contributed by atoms with E-state index in [4.69, 9.17) is 0 Å². The van der Waals surface area contributed by atoms with E-state index in [1.807, 2.05) is 0 Å². The third-order valence-electron chi connectivity index (χ3n) is 5.34. The molecule has 116 valence electrons. The molecule has 1 aliphatic carbocycles. The smallest absolute Gasteiger partial charge is 0.0223 e. The summed E-state index contributed by atoms with van der Waals surface area (Å²) >= 11 is 0. The third kappa shape index (κ3) is 4.08. The Morgan fingerprint density at radius 2 is 1.95 bits per heavy atom. The number of hydrogen-bond acceptors (Lipinski definition) is 2. The van der Waals surface area contributed by atoms with Crippen LogP contribution in [0.15, 0.2) is 30.3 Å². The maximum absolute atomic E-state index is 3.78. The second-order valence-corrected chi connectivity index (χ2v) is 7.50. The van der Waals surface area contributed by atoms with Gasteiger partial charge in [-0.1, -0.05) is 30.3 Å². The molecule has 1 aromatic carbocycles. The van der Waals surface area contributed by atoms with E-state index >= 15 is 0 Å². The average molecular weight is 286 g/mol. The molecular weight excluding hydrogens is 256 g/mol. The Morgan fingerprint density at radius 3 is 2.67 bits per heavy atom. The summed E-state index contributed by atoms with van der Waals surface area (Å²) in [7, 11) is 0. The molecule has 3 rings (SSSR count). The molecule has 0 bridgehead atoms. The predicted octanol–water partition coefficient (Wildman–Crippen LogP) is 3.47. The van der Waals surface area contributed by atoms with Crippen molar-refractivity contribution < 1.29 is 0 Å². The van der Waals surface area contributed by atoms with Crippen molar-refractivity contribution in [2.45, 2.75) is 57.5 Å². The molecule has 0 amide bonds. The summed E-state index contributed by atoms with van der Waals surface area (Å²) < 4.78 is 0. The van der Waals surface area contributed by atoms with Crippen LogP contribution < -0.4 is 5.32 Å². The Labute approximate surface area is 129 Å². The highest BCUT2D eigenvalue weighted by molar-refractivity contribution is 5.15. The maximum atomic E-state index is 3.78. The highest BCUT2D eigenvalue weighted by Crippen LogP contribution is 2.35. The zero-order chi connectivity index (χ0) is 14.7. The number of rotatable bonds is 5. The molecule has 1 saturated carbocycles. The second-order valence-electron chi connectivity index (χ2n) is 7.50. The molecule has 21 heavy (non-hydrogen) atoms. The summed E-state index contributed by atoms with van der Waals surface area (Å²) in [6, 6.07) is 11.7. The van der Waals surface area contributed by atoms with Crippen molar-refractivity contribution in [1.82, 2.24) is 10.2 Å². The number of nitrogens with one attached hydrogen (secondary N) is 1. The zero-order valence-corrected chi connectivity index (χ0v) is 13.6. The number of aryl methyl sites for hydroxylation is 1. The molecule has 1 heterocycles. The lowest BCUT2D eigenvalue weighted by atomic mass is 9.92. The first-order valence-electron chi connectivity index (χ1n) is 8.67. The minimum Gasteiger partial charge on any atom is -0.312 e. The van der Waals surface area contributed by atoms with Crippen LogP contribution in [0.25, 0.3) is 0 Å². The van der Waals surface area contributed by atoms with Crippen LogP contribution in [0.5, 0.6) is 0 Å².